The molecule has 0 saturated carbocycles. The highest BCUT2D eigenvalue weighted by molar-refractivity contribution is 7.84. The van der Waals surface area contributed by atoms with Gasteiger partial charge < -0.3 is 5.32 Å². The molecule has 2 atom stereocenters. The van der Waals surface area contributed by atoms with Gasteiger partial charge in [0, 0.05) is 29.4 Å². The van der Waals surface area contributed by atoms with Gasteiger partial charge >= 0.3 is 0 Å². The molecule has 1 aliphatic rings. The summed E-state index contributed by atoms with van der Waals surface area (Å²) in [5.74, 6) is 1.48. The maximum atomic E-state index is 11.0. The van der Waals surface area contributed by atoms with E-state index in [1.165, 1.54) is 30.4 Å². The molecule has 0 aliphatic heterocycles. The molecule has 3 heteroatoms. The highest BCUT2D eigenvalue weighted by atomic mass is 32.2. The van der Waals surface area contributed by atoms with Crippen LogP contribution in [0.4, 0.5) is 0 Å². The Kier molecular flexibility index (Phi) is 5.39. The van der Waals surface area contributed by atoms with Crippen molar-refractivity contribution in [3.05, 3.63) is 35.4 Å². The standard InChI is InChI=1S/C15H23NOS/c1-18(17)11-5-10-16-12-14-8-4-7-13-6-2-3-9-15(13)14/h2-3,6,9,14,16H,4-5,7-8,10-12H2,1H3. The minimum atomic E-state index is -0.650. The molecule has 1 aliphatic carbocycles. The number of benzene rings is 1. The fourth-order valence-electron chi connectivity index (χ4n) is 2.74. The van der Waals surface area contributed by atoms with Gasteiger partial charge in [0.2, 0.25) is 0 Å². The summed E-state index contributed by atoms with van der Waals surface area (Å²) >= 11 is 0. The third kappa shape index (κ3) is 3.92. The number of hydrogen-bond acceptors (Lipinski definition) is 2. The summed E-state index contributed by atoms with van der Waals surface area (Å²) in [6.07, 6.45) is 6.63. The Labute approximate surface area is 113 Å². The zero-order valence-corrected chi connectivity index (χ0v) is 12.0. The van der Waals surface area contributed by atoms with Crippen LogP contribution >= 0.6 is 0 Å². The molecule has 0 radical (unpaired) electrons. The van der Waals surface area contributed by atoms with Crippen LogP contribution in [-0.2, 0) is 17.2 Å². The maximum Gasteiger partial charge on any atom is 0.0244 e. The summed E-state index contributed by atoms with van der Waals surface area (Å²) in [6.45, 7) is 2.05. The first-order valence-electron chi connectivity index (χ1n) is 6.86. The van der Waals surface area contributed by atoms with E-state index in [4.69, 9.17) is 0 Å². The Morgan fingerprint density at radius 3 is 3.06 bits per heavy atom. The van der Waals surface area contributed by atoms with Crippen LogP contribution in [0.15, 0.2) is 24.3 Å². The van der Waals surface area contributed by atoms with Gasteiger partial charge in [-0.15, -0.1) is 0 Å². The topological polar surface area (TPSA) is 29.1 Å². The van der Waals surface area contributed by atoms with E-state index in [9.17, 15) is 4.21 Å². The molecule has 2 nitrogen and oxygen atoms in total. The summed E-state index contributed by atoms with van der Waals surface area (Å²) in [4.78, 5) is 0. The third-order valence-electron chi connectivity index (χ3n) is 3.67. The summed E-state index contributed by atoms with van der Waals surface area (Å²) in [6, 6.07) is 8.84. The molecule has 0 spiro atoms. The Morgan fingerprint density at radius 2 is 2.22 bits per heavy atom. The average molecular weight is 265 g/mol. The van der Waals surface area contributed by atoms with Gasteiger partial charge in [0.25, 0.3) is 0 Å². The van der Waals surface area contributed by atoms with Crippen molar-refractivity contribution in [2.75, 3.05) is 25.1 Å². The number of nitrogens with one attached hydrogen (secondary N) is 1. The van der Waals surface area contributed by atoms with Crippen molar-refractivity contribution in [1.82, 2.24) is 5.32 Å². The van der Waals surface area contributed by atoms with Crippen LogP contribution in [-0.4, -0.2) is 29.3 Å². The molecule has 0 fully saturated rings. The Hall–Kier alpha value is -0.670. The lowest BCUT2D eigenvalue weighted by Crippen LogP contribution is -2.25. The van der Waals surface area contributed by atoms with E-state index in [1.54, 1.807) is 6.26 Å². The second kappa shape index (κ2) is 7.05. The van der Waals surface area contributed by atoms with Gasteiger partial charge in [-0.05, 0) is 49.3 Å². The van der Waals surface area contributed by atoms with E-state index in [0.29, 0.717) is 5.92 Å². The number of rotatable bonds is 6. The fourth-order valence-corrected chi connectivity index (χ4v) is 3.29. The van der Waals surface area contributed by atoms with E-state index in [1.807, 2.05) is 0 Å². The minimum Gasteiger partial charge on any atom is -0.316 e. The minimum absolute atomic E-state index is 0.650. The monoisotopic (exact) mass is 265 g/mol. The van der Waals surface area contributed by atoms with Gasteiger partial charge in [-0.2, -0.15) is 0 Å². The highest BCUT2D eigenvalue weighted by Crippen LogP contribution is 2.30. The number of hydrogen-bond donors (Lipinski definition) is 1. The van der Waals surface area contributed by atoms with Crippen molar-refractivity contribution in [2.45, 2.75) is 31.6 Å². The molecule has 100 valence electrons. The smallest absolute Gasteiger partial charge is 0.0244 e. The van der Waals surface area contributed by atoms with Crippen molar-refractivity contribution < 1.29 is 4.21 Å². The van der Waals surface area contributed by atoms with Crippen molar-refractivity contribution in [3.63, 3.8) is 0 Å². The van der Waals surface area contributed by atoms with E-state index in [0.717, 1.165) is 25.3 Å². The van der Waals surface area contributed by atoms with Crippen LogP contribution in [0.5, 0.6) is 0 Å². The molecule has 0 amide bonds. The van der Waals surface area contributed by atoms with Gasteiger partial charge in [-0.25, -0.2) is 0 Å². The van der Waals surface area contributed by atoms with E-state index < -0.39 is 10.8 Å². The van der Waals surface area contributed by atoms with Crippen molar-refractivity contribution in [2.24, 2.45) is 0 Å². The average Bonchev–Trinajstić information content (AvgIpc) is 2.38. The molecular weight excluding hydrogens is 242 g/mol. The van der Waals surface area contributed by atoms with Crippen LogP contribution < -0.4 is 5.32 Å². The van der Waals surface area contributed by atoms with Crippen LogP contribution in [0.25, 0.3) is 0 Å². The lowest BCUT2D eigenvalue weighted by atomic mass is 9.83. The molecule has 1 aromatic carbocycles. The summed E-state index contributed by atoms with van der Waals surface area (Å²) in [7, 11) is -0.650. The lowest BCUT2D eigenvalue weighted by Gasteiger charge is -2.25. The summed E-state index contributed by atoms with van der Waals surface area (Å²) in [5.41, 5.74) is 3.07. The molecule has 2 rings (SSSR count). The largest absolute Gasteiger partial charge is 0.316 e. The maximum absolute atomic E-state index is 11.0. The van der Waals surface area contributed by atoms with Crippen LogP contribution in [0.2, 0.25) is 0 Å². The molecule has 0 aromatic heterocycles. The Balaban J connectivity index is 1.79. The second-order valence-corrected chi connectivity index (χ2v) is 6.68. The van der Waals surface area contributed by atoms with Crippen molar-refractivity contribution >= 4 is 10.8 Å². The van der Waals surface area contributed by atoms with Crippen LogP contribution in [0.1, 0.15) is 36.3 Å². The van der Waals surface area contributed by atoms with Crippen LogP contribution in [0.3, 0.4) is 0 Å². The van der Waals surface area contributed by atoms with Gasteiger partial charge in [-0.1, -0.05) is 24.3 Å². The highest BCUT2D eigenvalue weighted by Gasteiger charge is 2.18. The van der Waals surface area contributed by atoms with E-state index in [2.05, 4.69) is 29.6 Å². The van der Waals surface area contributed by atoms with E-state index >= 15 is 0 Å². The molecule has 18 heavy (non-hydrogen) atoms. The first-order valence-corrected chi connectivity index (χ1v) is 8.58. The SMILES string of the molecule is CS(=O)CCCNCC1CCCc2ccccc21. The first-order chi connectivity index (χ1) is 8.77. The lowest BCUT2D eigenvalue weighted by molar-refractivity contribution is 0.507. The quantitative estimate of drug-likeness (QED) is 0.801. The second-order valence-electron chi connectivity index (χ2n) is 5.12. The van der Waals surface area contributed by atoms with Crippen molar-refractivity contribution in [1.29, 1.82) is 0 Å². The zero-order valence-electron chi connectivity index (χ0n) is 11.2. The summed E-state index contributed by atoms with van der Waals surface area (Å²) < 4.78 is 11.0. The predicted octanol–water partition coefficient (Wildman–Crippen LogP) is 2.46. The fraction of sp³-hybridized carbons (Fsp3) is 0.600. The third-order valence-corrected chi connectivity index (χ3v) is 4.53. The number of aryl methyl sites for hydroxylation is 1. The number of fused-ring (bicyclic) bond motifs is 1. The van der Waals surface area contributed by atoms with Gasteiger partial charge in [0.1, 0.15) is 0 Å². The molecule has 2 unspecified atom stereocenters. The molecular formula is C15H23NOS. The molecule has 0 saturated heterocycles. The van der Waals surface area contributed by atoms with Gasteiger partial charge in [0.05, 0.1) is 0 Å². The Morgan fingerprint density at radius 1 is 1.39 bits per heavy atom. The first kappa shape index (κ1) is 13.8. The molecule has 0 heterocycles. The zero-order chi connectivity index (χ0) is 12.8. The molecule has 1 aromatic rings. The van der Waals surface area contributed by atoms with Crippen LogP contribution in [0, 0.1) is 0 Å². The summed E-state index contributed by atoms with van der Waals surface area (Å²) in [5, 5.41) is 3.52. The molecule has 1 N–H and O–H groups in total. The van der Waals surface area contributed by atoms with Crippen molar-refractivity contribution in [3.8, 4) is 0 Å². The van der Waals surface area contributed by atoms with Gasteiger partial charge in [0.15, 0.2) is 0 Å². The predicted molar refractivity (Wildman–Crippen MR) is 78.5 cm³/mol. The van der Waals surface area contributed by atoms with E-state index in [-0.39, 0.29) is 0 Å². The Bertz CT molecular complexity index is 405. The normalized spacial score (nSPS) is 20.4. The molecule has 0 bridgehead atoms. The van der Waals surface area contributed by atoms with Gasteiger partial charge in [-0.3, -0.25) is 4.21 Å².